The average Bonchev–Trinajstić information content (AvgIpc) is 3.01. The van der Waals surface area contributed by atoms with Crippen molar-refractivity contribution in [3.05, 3.63) is 29.9 Å². The van der Waals surface area contributed by atoms with Crippen LogP contribution in [-0.2, 0) is 4.79 Å². The van der Waals surface area contributed by atoms with E-state index in [1.165, 1.54) is 0 Å². The van der Waals surface area contributed by atoms with Crippen LogP contribution in [0.1, 0.15) is 6.42 Å². The van der Waals surface area contributed by atoms with Gasteiger partial charge in [0.25, 0.3) is 0 Å². The van der Waals surface area contributed by atoms with Gasteiger partial charge in [-0.05, 0) is 0 Å². The molecule has 0 bridgehead atoms. The average molecular weight is 322 g/mol. The van der Waals surface area contributed by atoms with Gasteiger partial charge >= 0.3 is 0 Å². The summed E-state index contributed by atoms with van der Waals surface area (Å²) in [4.78, 5) is 26.0. The zero-order chi connectivity index (χ0) is 15.5. The summed E-state index contributed by atoms with van der Waals surface area (Å²) in [7, 11) is 0. The van der Waals surface area contributed by atoms with Crippen LogP contribution in [0.4, 0.5) is 5.82 Å². The third-order valence-electron chi connectivity index (χ3n) is 3.49. The second-order valence-corrected chi connectivity index (χ2v) is 5.43. The monoisotopic (exact) mass is 321 g/mol. The van der Waals surface area contributed by atoms with Gasteiger partial charge in [0, 0.05) is 44.5 Å². The Hall–Kier alpha value is -2.19. The lowest BCUT2D eigenvalue weighted by Gasteiger charge is -2.36. The number of aromatic nitrogens is 4. The third-order valence-corrected chi connectivity index (χ3v) is 3.68. The fourth-order valence-electron chi connectivity index (χ4n) is 2.51. The van der Waals surface area contributed by atoms with Crippen molar-refractivity contribution >= 4 is 23.3 Å². The van der Waals surface area contributed by atoms with Crippen LogP contribution in [0.5, 0.6) is 0 Å². The Kier molecular flexibility index (Phi) is 4.21. The Balaban J connectivity index is 1.93. The van der Waals surface area contributed by atoms with E-state index in [1.54, 1.807) is 29.4 Å². The zero-order valence-corrected chi connectivity index (χ0v) is 12.6. The number of nitrogens with one attached hydrogen (secondary N) is 1. The topological polar surface area (TPSA) is 102 Å². The lowest BCUT2D eigenvalue weighted by Crippen LogP contribution is -2.53. The summed E-state index contributed by atoms with van der Waals surface area (Å²) in [6.45, 7) is 2.19. The van der Waals surface area contributed by atoms with Gasteiger partial charge in [0.15, 0.2) is 0 Å². The van der Waals surface area contributed by atoms with E-state index in [0.717, 1.165) is 6.54 Å². The zero-order valence-electron chi connectivity index (χ0n) is 11.8. The number of rotatable bonds is 4. The maximum atomic E-state index is 11.3. The van der Waals surface area contributed by atoms with E-state index >= 15 is 0 Å². The normalized spacial score (nSPS) is 18.4. The molecule has 0 radical (unpaired) electrons. The predicted molar refractivity (Wildman–Crippen MR) is 82.0 cm³/mol. The van der Waals surface area contributed by atoms with Crippen LogP contribution >= 0.6 is 11.6 Å². The van der Waals surface area contributed by atoms with Crippen LogP contribution in [0, 0.1) is 0 Å². The number of nitrogens with two attached hydrogens (primary N) is 1. The second kappa shape index (κ2) is 6.29. The molecule has 0 saturated carbocycles. The maximum absolute atomic E-state index is 11.3. The molecule has 1 saturated heterocycles. The number of primary amides is 1. The standard InChI is InChI=1S/C13H16ClN7O/c14-10-6-12(19-13(18-10)20-3-1-17-8-20)21-4-2-16-7-9(21)5-11(15)22/h1,3,6,8-9,16H,2,4-5,7H2,(H2,15,22). The second-order valence-electron chi connectivity index (χ2n) is 5.04. The highest BCUT2D eigenvalue weighted by Gasteiger charge is 2.25. The van der Waals surface area contributed by atoms with Gasteiger partial charge in [-0.25, -0.2) is 9.97 Å². The summed E-state index contributed by atoms with van der Waals surface area (Å²) in [5.41, 5.74) is 5.34. The Morgan fingerprint density at radius 2 is 2.36 bits per heavy atom. The van der Waals surface area contributed by atoms with Gasteiger partial charge < -0.3 is 16.0 Å². The molecule has 22 heavy (non-hydrogen) atoms. The Labute approximate surface area is 132 Å². The van der Waals surface area contributed by atoms with Crippen molar-refractivity contribution in [2.75, 3.05) is 24.5 Å². The quantitative estimate of drug-likeness (QED) is 0.767. The molecule has 1 atom stereocenters. The summed E-state index contributed by atoms with van der Waals surface area (Å²) in [6.07, 6.45) is 5.25. The first kappa shape index (κ1) is 14.7. The number of amides is 1. The number of carbonyl (C=O) groups is 1. The fraction of sp³-hybridized carbons (Fsp3) is 0.385. The van der Waals surface area contributed by atoms with Crippen molar-refractivity contribution in [2.24, 2.45) is 5.73 Å². The molecule has 3 rings (SSSR count). The molecular weight excluding hydrogens is 306 g/mol. The molecule has 1 fully saturated rings. The number of hydrogen-bond donors (Lipinski definition) is 2. The highest BCUT2D eigenvalue weighted by atomic mass is 35.5. The smallest absolute Gasteiger partial charge is 0.238 e. The minimum absolute atomic E-state index is 0.0483. The first-order chi connectivity index (χ1) is 10.6. The van der Waals surface area contributed by atoms with Crippen LogP contribution < -0.4 is 16.0 Å². The van der Waals surface area contributed by atoms with Crippen molar-refractivity contribution < 1.29 is 4.79 Å². The molecule has 1 aliphatic rings. The minimum atomic E-state index is -0.339. The Morgan fingerprint density at radius 1 is 1.50 bits per heavy atom. The van der Waals surface area contributed by atoms with Crippen LogP contribution in [0.15, 0.2) is 24.8 Å². The summed E-state index contributed by atoms with van der Waals surface area (Å²) in [6, 6.07) is 1.65. The molecule has 1 aliphatic heterocycles. The van der Waals surface area contributed by atoms with Crippen molar-refractivity contribution in [1.29, 1.82) is 0 Å². The van der Waals surface area contributed by atoms with Crippen LogP contribution in [0.2, 0.25) is 5.15 Å². The van der Waals surface area contributed by atoms with Crippen molar-refractivity contribution in [3.63, 3.8) is 0 Å². The minimum Gasteiger partial charge on any atom is -0.370 e. The van der Waals surface area contributed by atoms with Gasteiger partial charge in [0.05, 0.1) is 6.04 Å². The number of imidazole rings is 1. The van der Waals surface area contributed by atoms with E-state index in [-0.39, 0.29) is 18.4 Å². The SMILES string of the molecule is NC(=O)CC1CNCCN1c1cc(Cl)nc(-n2ccnc2)n1. The van der Waals surface area contributed by atoms with E-state index in [0.29, 0.717) is 30.0 Å². The summed E-state index contributed by atoms with van der Waals surface area (Å²) >= 11 is 6.12. The highest BCUT2D eigenvalue weighted by Crippen LogP contribution is 2.22. The number of halogens is 1. The lowest BCUT2D eigenvalue weighted by molar-refractivity contribution is -0.118. The van der Waals surface area contributed by atoms with E-state index in [4.69, 9.17) is 17.3 Å². The van der Waals surface area contributed by atoms with Crippen molar-refractivity contribution in [2.45, 2.75) is 12.5 Å². The van der Waals surface area contributed by atoms with Crippen LogP contribution in [0.3, 0.4) is 0 Å². The number of hydrogen-bond acceptors (Lipinski definition) is 6. The highest BCUT2D eigenvalue weighted by molar-refractivity contribution is 6.29. The van der Waals surface area contributed by atoms with Crippen LogP contribution in [-0.4, -0.2) is 51.1 Å². The number of carbonyl (C=O) groups excluding carboxylic acids is 1. The molecule has 0 aromatic carbocycles. The Morgan fingerprint density at radius 3 is 3.09 bits per heavy atom. The molecule has 116 valence electrons. The lowest BCUT2D eigenvalue weighted by atomic mass is 10.1. The van der Waals surface area contributed by atoms with Gasteiger partial charge in [-0.15, -0.1) is 0 Å². The van der Waals surface area contributed by atoms with Gasteiger partial charge in [-0.1, -0.05) is 11.6 Å². The first-order valence-electron chi connectivity index (χ1n) is 6.92. The van der Waals surface area contributed by atoms with Gasteiger partial charge in [-0.2, -0.15) is 4.98 Å². The molecule has 8 nitrogen and oxygen atoms in total. The molecule has 3 heterocycles. The maximum Gasteiger partial charge on any atom is 0.238 e. The van der Waals surface area contributed by atoms with Gasteiger partial charge in [-0.3, -0.25) is 9.36 Å². The van der Waals surface area contributed by atoms with E-state index in [2.05, 4.69) is 20.3 Å². The number of piperazine rings is 1. The summed E-state index contributed by atoms with van der Waals surface area (Å²) < 4.78 is 1.68. The molecule has 3 N–H and O–H groups in total. The van der Waals surface area contributed by atoms with E-state index < -0.39 is 0 Å². The molecule has 1 unspecified atom stereocenters. The van der Waals surface area contributed by atoms with E-state index in [1.807, 2.05) is 4.90 Å². The van der Waals surface area contributed by atoms with Gasteiger partial charge in [0.2, 0.25) is 11.9 Å². The summed E-state index contributed by atoms with van der Waals surface area (Å²) in [5.74, 6) is 0.779. The fourth-order valence-corrected chi connectivity index (χ4v) is 2.68. The third kappa shape index (κ3) is 3.18. The predicted octanol–water partition coefficient (Wildman–Crippen LogP) is -0.0307. The van der Waals surface area contributed by atoms with Crippen molar-refractivity contribution in [3.8, 4) is 5.95 Å². The summed E-state index contributed by atoms with van der Waals surface area (Å²) in [5, 5.41) is 3.59. The number of anilines is 1. The van der Waals surface area contributed by atoms with E-state index in [9.17, 15) is 4.79 Å². The molecule has 0 aliphatic carbocycles. The first-order valence-corrected chi connectivity index (χ1v) is 7.30. The number of nitrogens with zero attached hydrogens (tertiary/aromatic N) is 5. The molecule has 2 aromatic heterocycles. The van der Waals surface area contributed by atoms with Gasteiger partial charge in [0.1, 0.15) is 17.3 Å². The molecule has 1 amide bonds. The Bertz CT molecular complexity index is 660. The molecule has 0 spiro atoms. The molecule has 2 aromatic rings. The largest absolute Gasteiger partial charge is 0.370 e. The molecular formula is C13H16ClN7O. The van der Waals surface area contributed by atoms with Crippen LogP contribution in [0.25, 0.3) is 5.95 Å². The molecule has 9 heteroatoms. The van der Waals surface area contributed by atoms with Crippen molar-refractivity contribution in [1.82, 2.24) is 24.8 Å².